The summed E-state index contributed by atoms with van der Waals surface area (Å²) >= 11 is 6.37. The third-order valence-electron chi connectivity index (χ3n) is 4.57. The summed E-state index contributed by atoms with van der Waals surface area (Å²) in [6.45, 7) is 1.79. The second-order valence-corrected chi connectivity index (χ2v) is 6.50. The molecule has 1 heterocycles. The third kappa shape index (κ3) is 3.05. The van der Waals surface area contributed by atoms with Crippen molar-refractivity contribution in [2.45, 2.75) is 44.6 Å². The van der Waals surface area contributed by atoms with Crippen LogP contribution in [0.25, 0.3) is 10.9 Å². The highest BCUT2D eigenvalue weighted by molar-refractivity contribution is 6.37. The molecule has 1 aromatic carbocycles. The Morgan fingerprint density at radius 2 is 2.13 bits per heavy atom. The molecule has 5 N–H and O–H groups in total. The number of rotatable bonds is 2. The first kappa shape index (κ1) is 18.0. The predicted molar refractivity (Wildman–Crippen MR) is 93.0 cm³/mol. The van der Waals surface area contributed by atoms with Crippen molar-refractivity contribution in [2.75, 3.05) is 0 Å². The zero-order valence-electron chi connectivity index (χ0n) is 12.8. The summed E-state index contributed by atoms with van der Waals surface area (Å²) in [5.41, 5.74) is 13.3. The van der Waals surface area contributed by atoms with E-state index in [1.807, 2.05) is 0 Å². The van der Waals surface area contributed by atoms with Gasteiger partial charge in [-0.1, -0.05) is 18.0 Å². The molecular weight excluding hydrogens is 340 g/mol. The van der Waals surface area contributed by atoms with E-state index in [1.54, 1.807) is 6.92 Å². The Bertz CT molecular complexity index is 760. The van der Waals surface area contributed by atoms with Crippen LogP contribution < -0.4 is 11.5 Å². The molecule has 1 saturated carbocycles. The van der Waals surface area contributed by atoms with Crippen LogP contribution in [0.4, 0.5) is 4.39 Å². The van der Waals surface area contributed by atoms with Gasteiger partial charge in [-0.15, -0.1) is 12.4 Å². The monoisotopic (exact) mass is 359 g/mol. The zero-order valence-corrected chi connectivity index (χ0v) is 14.4. The first-order chi connectivity index (χ1) is 10.4. The molecule has 2 atom stereocenters. The lowest BCUT2D eigenvalue weighted by molar-refractivity contribution is 0.100. The van der Waals surface area contributed by atoms with Crippen molar-refractivity contribution in [3.63, 3.8) is 0 Å². The molecule has 23 heavy (non-hydrogen) atoms. The molecule has 2 unspecified atom stereocenters. The summed E-state index contributed by atoms with van der Waals surface area (Å²) in [4.78, 5) is 14.7. The number of amides is 1. The summed E-state index contributed by atoms with van der Waals surface area (Å²) in [5.74, 6) is -1.09. The molecule has 0 spiro atoms. The van der Waals surface area contributed by atoms with E-state index < -0.39 is 11.7 Å². The lowest BCUT2D eigenvalue weighted by atomic mass is 9.80. The molecule has 0 radical (unpaired) electrons. The number of carbonyl (C=O) groups is 1. The van der Waals surface area contributed by atoms with Crippen LogP contribution in [0, 0.1) is 12.7 Å². The van der Waals surface area contributed by atoms with Crippen molar-refractivity contribution in [2.24, 2.45) is 11.5 Å². The van der Waals surface area contributed by atoms with E-state index >= 15 is 0 Å². The minimum Gasteiger partial charge on any atom is -0.366 e. The number of hydrogen-bond acceptors (Lipinski definition) is 2. The minimum absolute atomic E-state index is 0. The molecule has 1 amide bonds. The van der Waals surface area contributed by atoms with E-state index in [4.69, 9.17) is 23.1 Å². The molecule has 0 aliphatic heterocycles. The summed E-state index contributed by atoms with van der Waals surface area (Å²) in [5, 5.41) is 1.03. The maximum atomic E-state index is 14.7. The Balaban J connectivity index is 0.00000192. The molecule has 1 aromatic heterocycles. The fourth-order valence-electron chi connectivity index (χ4n) is 3.54. The van der Waals surface area contributed by atoms with Gasteiger partial charge < -0.3 is 16.5 Å². The molecular formula is C16H20Cl2FN3O. The summed E-state index contributed by atoms with van der Waals surface area (Å²) in [6.07, 6.45) is 3.52. The molecule has 2 aromatic rings. The molecule has 3 rings (SSSR count). The van der Waals surface area contributed by atoms with E-state index in [1.165, 1.54) is 6.07 Å². The van der Waals surface area contributed by atoms with Crippen LogP contribution in [-0.4, -0.2) is 16.9 Å². The van der Waals surface area contributed by atoms with Crippen molar-refractivity contribution in [1.29, 1.82) is 0 Å². The topological polar surface area (TPSA) is 84.9 Å². The molecule has 1 aliphatic rings. The Kier molecular flexibility index (Phi) is 5.23. The number of aromatic nitrogens is 1. The predicted octanol–water partition coefficient (Wildman–Crippen LogP) is 3.77. The number of primary amides is 1. The summed E-state index contributed by atoms with van der Waals surface area (Å²) in [7, 11) is 0. The lowest BCUT2D eigenvalue weighted by Crippen LogP contribution is -2.27. The van der Waals surface area contributed by atoms with Crippen LogP contribution in [0.1, 0.15) is 53.2 Å². The van der Waals surface area contributed by atoms with Gasteiger partial charge in [-0.2, -0.15) is 0 Å². The second-order valence-electron chi connectivity index (χ2n) is 6.12. The lowest BCUT2D eigenvalue weighted by Gasteiger charge is -2.28. The smallest absolute Gasteiger partial charge is 0.250 e. The van der Waals surface area contributed by atoms with Crippen molar-refractivity contribution in [1.82, 2.24) is 4.98 Å². The van der Waals surface area contributed by atoms with Crippen LogP contribution in [-0.2, 0) is 0 Å². The standard InChI is InChI=1S/C16H19ClFN3O.ClH/c1-7-14(17)13-12(8-3-2-4-9(19)5-8)11(18)6-10(16(20)22)15(13)21-7;/h6,8-9,21H,2-5,19H2,1H3,(H2,20,22);1H. The number of benzene rings is 1. The molecule has 0 saturated heterocycles. The van der Waals surface area contributed by atoms with E-state index in [9.17, 15) is 9.18 Å². The van der Waals surface area contributed by atoms with Crippen LogP contribution in [0.3, 0.4) is 0 Å². The number of nitrogens with one attached hydrogen (secondary N) is 1. The number of halogens is 3. The summed E-state index contributed by atoms with van der Waals surface area (Å²) in [6, 6.07) is 1.29. The van der Waals surface area contributed by atoms with Crippen LogP contribution in [0.5, 0.6) is 0 Å². The van der Waals surface area contributed by atoms with Gasteiger partial charge in [-0.25, -0.2) is 4.39 Å². The van der Waals surface area contributed by atoms with Gasteiger partial charge in [0, 0.05) is 22.7 Å². The zero-order chi connectivity index (χ0) is 16.0. The molecule has 1 aliphatic carbocycles. The Morgan fingerprint density at radius 3 is 2.74 bits per heavy atom. The number of hydrogen-bond donors (Lipinski definition) is 3. The van der Waals surface area contributed by atoms with Gasteiger partial charge in [0.15, 0.2) is 0 Å². The van der Waals surface area contributed by atoms with Crippen LogP contribution in [0.2, 0.25) is 5.02 Å². The molecule has 1 fully saturated rings. The Hall–Kier alpha value is -1.30. The summed E-state index contributed by atoms with van der Waals surface area (Å²) < 4.78 is 14.7. The number of H-pyrrole nitrogens is 1. The van der Waals surface area contributed by atoms with Gasteiger partial charge in [0.05, 0.1) is 16.1 Å². The van der Waals surface area contributed by atoms with Gasteiger partial charge in [0.1, 0.15) is 5.82 Å². The van der Waals surface area contributed by atoms with Gasteiger partial charge in [0.2, 0.25) is 0 Å². The van der Waals surface area contributed by atoms with Gasteiger partial charge in [-0.3, -0.25) is 4.79 Å². The normalized spacial score (nSPS) is 21.2. The fourth-order valence-corrected chi connectivity index (χ4v) is 3.78. The van der Waals surface area contributed by atoms with Gasteiger partial charge in [-0.05, 0) is 38.2 Å². The average Bonchev–Trinajstić information content (AvgIpc) is 2.74. The second kappa shape index (κ2) is 6.67. The highest BCUT2D eigenvalue weighted by atomic mass is 35.5. The molecule has 126 valence electrons. The van der Waals surface area contributed by atoms with E-state index in [-0.39, 0.29) is 29.9 Å². The first-order valence-corrected chi connectivity index (χ1v) is 7.83. The fraction of sp³-hybridized carbons (Fsp3) is 0.438. The van der Waals surface area contributed by atoms with Crippen molar-refractivity contribution >= 4 is 40.8 Å². The van der Waals surface area contributed by atoms with E-state index in [0.717, 1.165) is 25.7 Å². The van der Waals surface area contributed by atoms with E-state index in [0.29, 0.717) is 27.2 Å². The number of fused-ring (bicyclic) bond motifs is 1. The van der Waals surface area contributed by atoms with Crippen molar-refractivity contribution in [3.05, 3.63) is 33.7 Å². The molecule has 4 nitrogen and oxygen atoms in total. The van der Waals surface area contributed by atoms with E-state index in [2.05, 4.69) is 4.98 Å². The molecule has 0 bridgehead atoms. The number of nitrogens with two attached hydrogens (primary N) is 2. The van der Waals surface area contributed by atoms with Crippen molar-refractivity contribution < 1.29 is 9.18 Å². The van der Waals surface area contributed by atoms with Crippen LogP contribution >= 0.6 is 24.0 Å². The Labute approximate surface area is 145 Å². The highest BCUT2D eigenvalue weighted by Crippen LogP contribution is 2.42. The number of carbonyl (C=O) groups excluding carboxylic acids is 1. The van der Waals surface area contributed by atoms with Crippen molar-refractivity contribution in [3.8, 4) is 0 Å². The molecule has 7 heteroatoms. The highest BCUT2D eigenvalue weighted by Gasteiger charge is 2.29. The van der Waals surface area contributed by atoms with Crippen LogP contribution in [0.15, 0.2) is 6.07 Å². The third-order valence-corrected chi connectivity index (χ3v) is 5.04. The quantitative estimate of drug-likeness (QED) is 0.762. The number of aryl methyl sites for hydroxylation is 1. The SMILES string of the molecule is Cc1[nH]c2c(C(N)=O)cc(F)c(C3CCCC(N)C3)c2c1Cl.Cl. The largest absolute Gasteiger partial charge is 0.366 e. The maximum Gasteiger partial charge on any atom is 0.250 e. The minimum atomic E-state index is -0.672. The number of aromatic amines is 1. The van der Waals surface area contributed by atoms with Gasteiger partial charge in [0.25, 0.3) is 5.91 Å². The average molecular weight is 360 g/mol. The first-order valence-electron chi connectivity index (χ1n) is 7.45. The Morgan fingerprint density at radius 1 is 1.43 bits per heavy atom. The van der Waals surface area contributed by atoms with Gasteiger partial charge >= 0.3 is 0 Å². The maximum absolute atomic E-state index is 14.7.